The summed E-state index contributed by atoms with van der Waals surface area (Å²) < 4.78 is 0. The van der Waals surface area contributed by atoms with Gasteiger partial charge in [0.05, 0.1) is 12.1 Å². The molecular formula is C22H32N6O. The van der Waals surface area contributed by atoms with E-state index in [1.165, 1.54) is 5.69 Å². The molecule has 7 nitrogen and oxygen atoms in total. The molecular weight excluding hydrogens is 364 g/mol. The smallest absolute Gasteiger partial charge is 0.227 e. The maximum Gasteiger partial charge on any atom is 0.227 e. The van der Waals surface area contributed by atoms with Crippen molar-refractivity contribution in [1.29, 1.82) is 0 Å². The van der Waals surface area contributed by atoms with Gasteiger partial charge in [-0.1, -0.05) is 0 Å². The van der Waals surface area contributed by atoms with Crippen molar-refractivity contribution in [3.63, 3.8) is 0 Å². The van der Waals surface area contributed by atoms with Gasteiger partial charge in [0, 0.05) is 73.5 Å². The Balaban J connectivity index is 1.44. The summed E-state index contributed by atoms with van der Waals surface area (Å²) in [6, 6.07) is 4.44. The van der Waals surface area contributed by atoms with Gasteiger partial charge >= 0.3 is 0 Å². The second-order valence-electron chi connectivity index (χ2n) is 8.60. The molecule has 7 heteroatoms. The molecule has 156 valence electrons. The Morgan fingerprint density at radius 2 is 1.90 bits per heavy atom. The number of likely N-dealkylation sites (N-methyl/N-ethyl adjacent to an activating group) is 1. The number of nitrogens with one attached hydrogen (secondary N) is 1. The van der Waals surface area contributed by atoms with Crippen LogP contribution in [0.3, 0.4) is 0 Å². The summed E-state index contributed by atoms with van der Waals surface area (Å²) in [4.78, 5) is 24.5. The highest BCUT2D eigenvalue weighted by atomic mass is 16.2. The third-order valence-electron chi connectivity index (χ3n) is 6.39. The number of hydrogen-bond acceptors (Lipinski definition) is 5. The molecule has 0 saturated carbocycles. The molecule has 29 heavy (non-hydrogen) atoms. The molecule has 0 radical (unpaired) electrons. The number of nitrogens with zero attached hydrogens (tertiary/aromatic N) is 5. The van der Waals surface area contributed by atoms with E-state index in [2.05, 4.69) is 46.1 Å². The first-order valence-electron chi connectivity index (χ1n) is 10.6. The van der Waals surface area contributed by atoms with Crippen molar-refractivity contribution in [3.8, 4) is 0 Å². The predicted molar refractivity (Wildman–Crippen MR) is 114 cm³/mol. The van der Waals surface area contributed by atoms with Gasteiger partial charge in [0.15, 0.2) is 0 Å². The van der Waals surface area contributed by atoms with Gasteiger partial charge in [0.1, 0.15) is 0 Å². The van der Waals surface area contributed by atoms with Crippen LogP contribution < -0.4 is 4.90 Å². The quantitative estimate of drug-likeness (QED) is 0.857. The Hall–Kier alpha value is -2.41. The van der Waals surface area contributed by atoms with Crippen LogP contribution in [0.1, 0.15) is 40.7 Å². The number of rotatable bonds is 4. The molecule has 1 amide bonds. The monoisotopic (exact) mass is 396 g/mol. The Morgan fingerprint density at radius 3 is 2.59 bits per heavy atom. The van der Waals surface area contributed by atoms with Gasteiger partial charge < -0.3 is 14.7 Å². The van der Waals surface area contributed by atoms with Gasteiger partial charge in [-0.05, 0) is 46.4 Å². The number of aryl methyl sites for hydroxylation is 3. The average molecular weight is 397 g/mol. The summed E-state index contributed by atoms with van der Waals surface area (Å²) in [5, 5.41) is 7.19. The van der Waals surface area contributed by atoms with Gasteiger partial charge in [0.25, 0.3) is 0 Å². The molecule has 1 N–H and O–H groups in total. The Bertz CT molecular complexity index is 864. The fourth-order valence-corrected chi connectivity index (χ4v) is 4.46. The molecule has 4 heterocycles. The van der Waals surface area contributed by atoms with E-state index in [9.17, 15) is 4.79 Å². The highest BCUT2D eigenvalue weighted by molar-refractivity contribution is 5.79. The molecule has 4 rings (SSSR count). The van der Waals surface area contributed by atoms with Crippen molar-refractivity contribution in [2.24, 2.45) is 0 Å². The predicted octanol–water partition coefficient (Wildman–Crippen LogP) is 2.04. The van der Waals surface area contributed by atoms with E-state index in [4.69, 9.17) is 4.98 Å². The first-order chi connectivity index (χ1) is 13.9. The Kier molecular flexibility index (Phi) is 5.58. The Morgan fingerprint density at radius 1 is 1.14 bits per heavy atom. The summed E-state index contributed by atoms with van der Waals surface area (Å²) in [6.07, 6.45) is 1.41. The number of likely N-dealkylation sites (tertiary alicyclic amines) is 1. The van der Waals surface area contributed by atoms with Crippen LogP contribution in [0.5, 0.6) is 0 Å². The first-order valence-corrected chi connectivity index (χ1v) is 10.6. The van der Waals surface area contributed by atoms with E-state index in [1.807, 2.05) is 18.7 Å². The third-order valence-corrected chi connectivity index (χ3v) is 6.39. The van der Waals surface area contributed by atoms with E-state index in [0.29, 0.717) is 12.3 Å². The van der Waals surface area contributed by atoms with E-state index in [-0.39, 0.29) is 5.91 Å². The topological polar surface area (TPSA) is 68.4 Å². The molecule has 0 bridgehead atoms. The zero-order valence-corrected chi connectivity index (χ0v) is 18.0. The lowest BCUT2D eigenvalue weighted by atomic mass is 10.0. The van der Waals surface area contributed by atoms with Crippen LogP contribution in [-0.4, -0.2) is 77.2 Å². The van der Waals surface area contributed by atoms with Crippen LogP contribution in [0.4, 0.5) is 5.69 Å². The van der Waals surface area contributed by atoms with Crippen LogP contribution in [0.15, 0.2) is 12.1 Å². The van der Waals surface area contributed by atoms with Crippen molar-refractivity contribution in [2.45, 2.75) is 39.5 Å². The number of hydrogen-bond donors (Lipinski definition) is 1. The third kappa shape index (κ3) is 4.29. The average Bonchev–Trinajstić information content (AvgIpc) is 3.31. The second-order valence-corrected chi connectivity index (χ2v) is 8.60. The molecule has 1 atom stereocenters. The lowest BCUT2D eigenvalue weighted by Gasteiger charge is -2.34. The van der Waals surface area contributed by atoms with E-state index in [1.54, 1.807) is 0 Å². The normalized spacial score (nSPS) is 20.5. The van der Waals surface area contributed by atoms with Crippen molar-refractivity contribution >= 4 is 11.6 Å². The minimum atomic E-state index is 0.187. The van der Waals surface area contributed by atoms with Gasteiger partial charge in [-0.15, -0.1) is 0 Å². The number of carbonyl (C=O) groups excluding carboxylic acids is 1. The van der Waals surface area contributed by atoms with Crippen LogP contribution in [0.25, 0.3) is 0 Å². The highest BCUT2D eigenvalue weighted by Crippen LogP contribution is 2.30. The molecule has 2 aliphatic rings. The number of aromatic amines is 1. The summed E-state index contributed by atoms with van der Waals surface area (Å²) in [6.45, 7) is 11.9. The first kappa shape index (κ1) is 19.9. The van der Waals surface area contributed by atoms with Crippen molar-refractivity contribution in [2.75, 3.05) is 51.2 Å². The van der Waals surface area contributed by atoms with Crippen molar-refractivity contribution in [1.82, 2.24) is 25.0 Å². The number of carbonyl (C=O) groups is 1. The van der Waals surface area contributed by atoms with E-state index < -0.39 is 0 Å². The molecule has 2 aromatic heterocycles. The molecule has 0 spiro atoms. The SMILES string of the molecule is Cc1cc(N2CCN(C)CC2)cc(C2CCN(C(=O)Cc3c(C)n[nH]c3C)C2)n1. The summed E-state index contributed by atoms with van der Waals surface area (Å²) in [7, 11) is 2.18. The number of amides is 1. The number of piperazine rings is 1. The van der Waals surface area contributed by atoms with Crippen LogP contribution in [-0.2, 0) is 11.2 Å². The number of aromatic nitrogens is 3. The summed E-state index contributed by atoms with van der Waals surface area (Å²) in [5.74, 6) is 0.503. The van der Waals surface area contributed by atoms with E-state index >= 15 is 0 Å². The van der Waals surface area contributed by atoms with Crippen LogP contribution in [0.2, 0.25) is 0 Å². The van der Waals surface area contributed by atoms with Crippen LogP contribution >= 0.6 is 0 Å². The maximum atomic E-state index is 12.9. The minimum Gasteiger partial charge on any atom is -0.369 e. The fraction of sp³-hybridized carbons (Fsp3) is 0.591. The lowest BCUT2D eigenvalue weighted by Crippen LogP contribution is -2.44. The van der Waals surface area contributed by atoms with Crippen molar-refractivity contribution in [3.05, 3.63) is 40.5 Å². The zero-order chi connectivity index (χ0) is 20.5. The summed E-state index contributed by atoms with van der Waals surface area (Å²) in [5.41, 5.74) is 6.41. The van der Waals surface area contributed by atoms with Gasteiger partial charge in [-0.3, -0.25) is 14.9 Å². The number of anilines is 1. The largest absolute Gasteiger partial charge is 0.369 e. The molecule has 1 unspecified atom stereocenters. The number of H-pyrrole nitrogens is 1. The fourth-order valence-electron chi connectivity index (χ4n) is 4.46. The highest BCUT2D eigenvalue weighted by Gasteiger charge is 2.29. The van der Waals surface area contributed by atoms with Crippen LogP contribution in [0, 0.1) is 20.8 Å². The molecule has 0 aromatic carbocycles. The van der Waals surface area contributed by atoms with Gasteiger partial charge in [-0.2, -0.15) is 5.10 Å². The maximum absolute atomic E-state index is 12.9. The summed E-state index contributed by atoms with van der Waals surface area (Å²) >= 11 is 0. The number of pyridine rings is 1. The molecule has 2 saturated heterocycles. The zero-order valence-electron chi connectivity index (χ0n) is 18.0. The van der Waals surface area contributed by atoms with Gasteiger partial charge in [0.2, 0.25) is 5.91 Å². The standard InChI is InChI=1S/C22H32N6O/c1-15-11-19(27-9-7-26(4)8-10-27)12-21(23-15)18-5-6-28(14-18)22(29)13-20-16(2)24-25-17(20)3/h11-12,18H,5-10,13-14H2,1-4H3,(H,24,25). The lowest BCUT2D eigenvalue weighted by molar-refractivity contribution is -0.129. The Labute approximate surface area is 173 Å². The second kappa shape index (κ2) is 8.14. The molecule has 2 aromatic rings. The minimum absolute atomic E-state index is 0.187. The van der Waals surface area contributed by atoms with E-state index in [0.717, 1.165) is 74.0 Å². The van der Waals surface area contributed by atoms with Gasteiger partial charge in [-0.25, -0.2) is 0 Å². The molecule has 2 fully saturated rings. The van der Waals surface area contributed by atoms with Crippen molar-refractivity contribution < 1.29 is 4.79 Å². The molecule has 0 aliphatic carbocycles. The molecule has 2 aliphatic heterocycles.